The van der Waals surface area contributed by atoms with Crippen LogP contribution < -0.4 is 0 Å². The third kappa shape index (κ3) is 4.53. The van der Waals surface area contributed by atoms with Crippen LogP contribution in [0, 0.1) is 0 Å². The molecule has 0 bridgehead atoms. The highest BCUT2D eigenvalue weighted by molar-refractivity contribution is 6.33. The van der Waals surface area contributed by atoms with Gasteiger partial charge in [0.1, 0.15) is 0 Å². The van der Waals surface area contributed by atoms with Gasteiger partial charge in [-0.25, -0.2) is 0 Å². The van der Waals surface area contributed by atoms with Gasteiger partial charge in [0.15, 0.2) is 0 Å². The molecule has 0 saturated carbocycles. The number of pyridine rings is 2. The SMILES string of the molecule is CC(C)(C)c1cc(-c2cncc(-c3ccc(C(=O)N4C[C@H](O)[C@@H](O)C4)cc3Cl)c2)ccn1. The van der Waals surface area contributed by atoms with E-state index in [1.807, 2.05) is 18.3 Å². The van der Waals surface area contributed by atoms with E-state index in [2.05, 4.69) is 36.8 Å². The second kappa shape index (κ2) is 8.62. The largest absolute Gasteiger partial charge is 0.388 e. The van der Waals surface area contributed by atoms with E-state index in [-0.39, 0.29) is 24.4 Å². The number of carbonyl (C=O) groups excluding carboxylic acids is 1. The Morgan fingerprint density at radius 3 is 2.34 bits per heavy atom. The minimum Gasteiger partial charge on any atom is -0.388 e. The molecule has 0 radical (unpaired) electrons. The standard InChI is InChI=1S/C25H26ClN3O3/c1-25(2,3)23-10-15(6-7-28-23)17-8-18(12-27-11-17)19-5-4-16(9-20(19)26)24(32)29-13-21(30)22(31)14-29/h4-12,21-22,30-31H,13-14H2,1-3H3/t21-,22-/m0/s1. The fourth-order valence-electron chi connectivity index (χ4n) is 3.77. The Balaban J connectivity index is 1.62. The van der Waals surface area contributed by atoms with Crippen molar-refractivity contribution in [3.05, 3.63) is 71.3 Å². The quantitative estimate of drug-likeness (QED) is 0.629. The van der Waals surface area contributed by atoms with Gasteiger partial charge in [-0.2, -0.15) is 0 Å². The number of hydrogen-bond acceptors (Lipinski definition) is 5. The smallest absolute Gasteiger partial charge is 0.254 e. The number of halogens is 1. The molecule has 4 rings (SSSR count). The number of nitrogens with zero attached hydrogens (tertiary/aromatic N) is 3. The normalized spacial score (nSPS) is 18.8. The maximum Gasteiger partial charge on any atom is 0.254 e. The van der Waals surface area contributed by atoms with Gasteiger partial charge in [-0.15, -0.1) is 0 Å². The van der Waals surface area contributed by atoms with Crippen LogP contribution in [0.25, 0.3) is 22.3 Å². The number of aromatic nitrogens is 2. The van der Waals surface area contributed by atoms with Gasteiger partial charge in [0, 0.05) is 70.1 Å². The number of benzene rings is 1. The molecule has 1 aliphatic rings. The summed E-state index contributed by atoms with van der Waals surface area (Å²) in [5.41, 5.74) is 4.93. The van der Waals surface area contributed by atoms with E-state index in [1.165, 1.54) is 4.90 Å². The van der Waals surface area contributed by atoms with Crippen LogP contribution in [0.5, 0.6) is 0 Å². The van der Waals surface area contributed by atoms with Crippen molar-refractivity contribution in [3.63, 3.8) is 0 Å². The van der Waals surface area contributed by atoms with Crippen LogP contribution in [0.15, 0.2) is 55.0 Å². The molecule has 0 spiro atoms. The molecule has 6 nitrogen and oxygen atoms in total. The Bertz CT molecular complexity index is 1150. The first-order valence-electron chi connectivity index (χ1n) is 10.5. The van der Waals surface area contributed by atoms with Crippen molar-refractivity contribution in [1.29, 1.82) is 0 Å². The molecule has 0 aliphatic carbocycles. The highest BCUT2D eigenvalue weighted by Gasteiger charge is 2.33. The third-order valence-electron chi connectivity index (χ3n) is 5.67. The van der Waals surface area contributed by atoms with Gasteiger partial charge >= 0.3 is 0 Å². The predicted molar refractivity (Wildman–Crippen MR) is 125 cm³/mol. The Labute approximate surface area is 192 Å². The molecule has 3 heterocycles. The minimum atomic E-state index is -0.922. The van der Waals surface area contributed by atoms with E-state index in [4.69, 9.17) is 11.6 Å². The number of rotatable bonds is 3. The van der Waals surface area contributed by atoms with Gasteiger partial charge in [-0.1, -0.05) is 38.4 Å². The zero-order chi connectivity index (χ0) is 23.0. The van der Waals surface area contributed by atoms with Gasteiger partial charge in [0.05, 0.1) is 12.2 Å². The monoisotopic (exact) mass is 451 g/mol. The summed E-state index contributed by atoms with van der Waals surface area (Å²) >= 11 is 6.55. The van der Waals surface area contributed by atoms with Gasteiger partial charge in [-0.05, 0) is 35.9 Å². The number of β-amino-alcohol motifs (C(OH)–C–C–N with tert-alkyl or cyclic N) is 2. The van der Waals surface area contributed by atoms with Crippen LogP contribution in [0.2, 0.25) is 5.02 Å². The molecule has 7 heteroatoms. The summed E-state index contributed by atoms with van der Waals surface area (Å²) in [5, 5.41) is 19.9. The fourth-order valence-corrected chi connectivity index (χ4v) is 4.06. The van der Waals surface area contributed by atoms with Crippen molar-refractivity contribution in [2.24, 2.45) is 0 Å². The number of amides is 1. The van der Waals surface area contributed by atoms with Crippen molar-refractivity contribution in [1.82, 2.24) is 14.9 Å². The maximum atomic E-state index is 12.7. The summed E-state index contributed by atoms with van der Waals surface area (Å²) in [6.07, 6.45) is 3.51. The Hall–Kier alpha value is -2.80. The second-order valence-corrected chi connectivity index (χ2v) is 9.59. The lowest BCUT2D eigenvalue weighted by Crippen LogP contribution is -2.29. The Kier molecular flexibility index (Phi) is 6.03. The van der Waals surface area contributed by atoms with E-state index in [1.54, 1.807) is 30.6 Å². The van der Waals surface area contributed by atoms with Crippen molar-refractivity contribution in [2.75, 3.05) is 13.1 Å². The topological polar surface area (TPSA) is 86.6 Å². The van der Waals surface area contributed by atoms with Gasteiger partial charge in [-0.3, -0.25) is 14.8 Å². The second-order valence-electron chi connectivity index (χ2n) is 9.18. The molecule has 2 atom stereocenters. The molecule has 1 amide bonds. The van der Waals surface area contributed by atoms with Crippen LogP contribution in [0.3, 0.4) is 0 Å². The maximum absolute atomic E-state index is 12.7. The van der Waals surface area contributed by atoms with Gasteiger partial charge in [0.2, 0.25) is 0 Å². The lowest BCUT2D eigenvalue weighted by Gasteiger charge is -2.18. The summed E-state index contributed by atoms with van der Waals surface area (Å²) in [7, 11) is 0. The zero-order valence-electron chi connectivity index (χ0n) is 18.3. The van der Waals surface area contributed by atoms with Crippen LogP contribution in [0.4, 0.5) is 0 Å². The molecule has 3 aromatic rings. The first-order valence-corrected chi connectivity index (χ1v) is 10.9. The average Bonchev–Trinajstić information content (AvgIpc) is 3.11. The summed E-state index contributed by atoms with van der Waals surface area (Å²) in [6, 6.07) is 11.2. The zero-order valence-corrected chi connectivity index (χ0v) is 19.0. The van der Waals surface area contributed by atoms with Crippen LogP contribution in [-0.4, -0.2) is 56.3 Å². The molecule has 0 unspecified atom stereocenters. The lowest BCUT2D eigenvalue weighted by atomic mass is 9.90. The molecular formula is C25H26ClN3O3. The first kappa shape index (κ1) is 22.4. The molecule has 1 aliphatic heterocycles. The number of likely N-dealkylation sites (tertiary alicyclic amines) is 1. The average molecular weight is 452 g/mol. The molecule has 2 aromatic heterocycles. The number of hydrogen-bond donors (Lipinski definition) is 2. The minimum absolute atomic E-state index is 0.0614. The first-order chi connectivity index (χ1) is 15.1. The number of aliphatic hydroxyl groups is 2. The molecule has 1 fully saturated rings. The lowest BCUT2D eigenvalue weighted by molar-refractivity contribution is 0.0572. The summed E-state index contributed by atoms with van der Waals surface area (Å²) in [5.74, 6) is -0.271. The van der Waals surface area contributed by atoms with Crippen LogP contribution in [0.1, 0.15) is 36.8 Å². The molecule has 166 valence electrons. The highest BCUT2D eigenvalue weighted by atomic mass is 35.5. The van der Waals surface area contributed by atoms with Crippen molar-refractivity contribution in [2.45, 2.75) is 38.4 Å². The predicted octanol–water partition coefficient (Wildman–Crippen LogP) is 3.94. The van der Waals surface area contributed by atoms with E-state index >= 15 is 0 Å². The fraction of sp³-hybridized carbons (Fsp3) is 0.320. The number of aliphatic hydroxyl groups excluding tert-OH is 2. The molecule has 1 aromatic carbocycles. The van der Waals surface area contributed by atoms with Gasteiger partial charge in [0.25, 0.3) is 5.91 Å². The van der Waals surface area contributed by atoms with E-state index in [9.17, 15) is 15.0 Å². The van der Waals surface area contributed by atoms with Crippen molar-refractivity contribution >= 4 is 17.5 Å². The summed E-state index contributed by atoms with van der Waals surface area (Å²) < 4.78 is 0. The Morgan fingerprint density at radius 2 is 1.69 bits per heavy atom. The van der Waals surface area contributed by atoms with Crippen LogP contribution >= 0.6 is 11.6 Å². The summed E-state index contributed by atoms with van der Waals surface area (Å²) in [6.45, 7) is 6.58. The van der Waals surface area contributed by atoms with Gasteiger partial charge < -0.3 is 15.1 Å². The summed E-state index contributed by atoms with van der Waals surface area (Å²) in [4.78, 5) is 23.0. The van der Waals surface area contributed by atoms with Crippen molar-refractivity contribution in [3.8, 4) is 22.3 Å². The third-order valence-corrected chi connectivity index (χ3v) is 5.99. The molecular weight excluding hydrogens is 426 g/mol. The van der Waals surface area contributed by atoms with E-state index in [0.29, 0.717) is 10.6 Å². The molecule has 32 heavy (non-hydrogen) atoms. The Morgan fingerprint density at radius 1 is 1.00 bits per heavy atom. The van der Waals surface area contributed by atoms with Crippen LogP contribution in [-0.2, 0) is 5.41 Å². The van der Waals surface area contributed by atoms with Crippen molar-refractivity contribution < 1.29 is 15.0 Å². The molecule has 1 saturated heterocycles. The highest BCUT2D eigenvalue weighted by Crippen LogP contribution is 2.32. The van der Waals surface area contributed by atoms with E-state index in [0.717, 1.165) is 27.9 Å². The molecule has 2 N–H and O–H groups in total. The number of carbonyl (C=O) groups is 1. The van der Waals surface area contributed by atoms with E-state index < -0.39 is 12.2 Å².